The van der Waals surface area contributed by atoms with E-state index in [-0.39, 0.29) is 0 Å². The fourth-order valence-corrected chi connectivity index (χ4v) is 1.93. The predicted octanol–water partition coefficient (Wildman–Crippen LogP) is 3.95. The van der Waals surface area contributed by atoms with E-state index in [0.29, 0.717) is 15.8 Å². The minimum absolute atomic E-state index is 0.559. The first-order valence-corrected chi connectivity index (χ1v) is 4.96. The first-order chi connectivity index (χ1) is 6.19. The van der Waals surface area contributed by atoms with Crippen LogP contribution < -0.4 is 4.74 Å². The molecule has 1 nitrogen and oxygen atoms in total. The minimum atomic E-state index is 0.559. The molecule has 0 fully saturated rings. The Labute approximate surface area is 88.6 Å². The Morgan fingerprint density at radius 3 is 2.15 bits per heavy atom. The average molecular weight is 219 g/mol. The molecule has 13 heavy (non-hydrogen) atoms. The summed E-state index contributed by atoms with van der Waals surface area (Å²) in [5.41, 5.74) is 1.15. The largest absolute Gasteiger partial charge is 0.494 e. The van der Waals surface area contributed by atoms with Crippen molar-refractivity contribution in [3.05, 3.63) is 27.7 Å². The summed E-state index contributed by atoms with van der Waals surface area (Å²) in [6.07, 6.45) is 2.07. The summed E-state index contributed by atoms with van der Waals surface area (Å²) in [4.78, 5) is 0. The third-order valence-corrected chi connectivity index (χ3v) is 2.36. The zero-order chi connectivity index (χ0) is 9.84. The molecule has 1 aromatic rings. The lowest BCUT2D eigenvalue weighted by Crippen LogP contribution is -1.89. The van der Waals surface area contributed by atoms with Gasteiger partial charge >= 0.3 is 0 Å². The van der Waals surface area contributed by atoms with E-state index in [2.05, 4.69) is 6.92 Å². The van der Waals surface area contributed by atoms with Gasteiger partial charge in [-0.2, -0.15) is 0 Å². The number of hydrogen-bond acceptors (Lipinski definition) is 1. The Kier molecular flexibility index (Phi) is 3.89. The summed E-state index contributed by atoms with van der Waals surface area (Å²) < 4.78 is 5.04. The lowest BCUT2D eigenvalue weighted by atomic mass is 10.1. The van der Waals surface area contributed by atoms with Crippen molar-refractivity contribution in [1.29, 1.82) is 0 Å². The van der Waals surface area contributed by atoms with Crippen LogP contribution in [0.2, 0.25) is 10.0 Å². The van der Waals surface area contributed by atoms with E-state index < -0.39 is 0 Å². The van der Waals surface area contributed by atoms with Crippen molar-refractivity contribution in [1.82, 2.24) is 0 Å². The van der Waals surface area contributed by atoms with Crippen LogP contribution >= 0.6 is 23.2 Å². The summed E-state index contributed by atoms with van der Waals surface area (Å²) in [6.45, 7) is 2.12. The second-order valence-electron chi connectivity index (χ2n) is 2.84. The molecule has 1 rings (SSSR count). The van der Waals surface area contributed by atoms with Crippen molar-refractivity contribution in [2.75, 3.05) is 7.11 Å². The van der Waals surface area contributed by atoms with Crippen molar-refractivity contribution < 1.29 is 4.74 Å². The van der Waals surface area contributed by atoms with Gasteiger partial charge in [-0.25, -0.2) is 0 Å². The van der Waals surface area contributed by atoms with Gasteiger partial charge in [0, 0.05) is 0 Å². The second kappa shape index (κ2) is 4.73. The molecule has 1 aromatic carbocycles. The number of ether oxygens (including phenoxy) is 1. The zero-order valence-electron chi connectivity index (χ0n) is 7.73. The number of halogens is 2. The van der Waals surface area contributed by atoms with Crippen LogP contribution in [0.5, 0.6) is 5.75 Å². The maximum absolute atomic E-state index is 5.96. The highest BCUT2D eigenvalue weighted by Crippen LogP contribution is 2.33. The van der Waals surface area contributed by atoms with Gasteiger partial charge in [-0.3, -0.25) is 0 Å². The molecule has 0 atom stereocenters. The van der Waals surface area contributed by atoms with Gasteiger partial charge < -0.3 is 4.74 Å². The SMILES string of the molecule is CCCc1cc(Cl)c(OC)c(Cl)c1. The van der Waals surface area contributed by atoms with Crippen LogP contribution in [-0.2, 0) is 6.42 Å². The Bertz CT molecular complexity index is 274. The van der Waals surface area contributed by atoms with Gasteiger partial charge in [-0.15, -0.1) is 0 Å². The first-order valence-electron chi connectivity index (χ1n) is 4.21. The van der Waals surface area contributed by atoms with Gasteiger partial charge in [0.25, 0.3) is 0 Å². The summed E-state index contributed by atoms with van der Waals surface area (Å²) in [6, 6.07) is 3.80. The van der Waals surface area contributed by atoms with Crippen LogP contribution in [0.3, 0.4) is 0 Å². The van der Waals surface area contributed by atoms with E-state index in [1.165, 1.54) is 0 Å². The Balaban J connectivity index is 3.05. The maximum Gasteiger partial charge on any atom is 0.156 e. The lowest BCUT2D eigenvalue weighted by molar-refractivity contribution is 0.415. The smallest absolute Gasteiger partial charge is 0.156 e. The molecule has 0 unspecified atom stereocenters. The molecule has 0 N–H and O–H groups in total. The summed E-state index contributed by atoms with van der Waals surface area (Å²) in [7, 11) is 1.56. The van der Waals surface area contributed by atoms with E-state index in [9.17, 15) is 0 Å². The van der Waals surface area contributed by atoms with Crippen LogP contribution in [0.4, 0.5) is 0 Å². The average Bonchev–Trinajstić information content (AvgIpc) is 2.04. The predicted molar refractivity (Wildman–Crippen MR) is 57.0 cm³/mol. The Morgan fingerprint density at radius 1 is 1.23 bits per heavy atom. The molecule has 0 radical (unpaired) electrons. The van der Waals surface area contributed by atoms with Crippen LogP contribution in [0, 0.1) is 0 Å². The third-order valence-electron chi connectivity index (χ3n) is 1.80. The van der Waals surface area contributed by atoms with E-state index >= 15 is 0 Å². The molecule has 3 heteroatoms. The van der Waals surface area contributed by atoms with Crippen LogP contribution in [0.25, 0.3) is 0 Å². The van der Waals surface area contributed by atoms with Crippen molar-refractivity contribution >= 4 is 23.2 Å². The molecule has 0 heterocycles. The lowest BCUT2D eigenvalue weighted by Gasteiger charge is -2.07. The Morgan fingerprint density at radius 2 is 1.77 bits per heavy atom. The number of rotatable bonds is 3. The quantitative estimate of drug-likeness (QED) is 0.747. The van der Waals surface area contributed by atoms with E-state index in [1.807, 2.05) is 12.1 Å². The van der Waals surface area contributed by atoms with Gasteiger partial charge in [-0.05, 0) is 24.1 Å². The molecule has 0 spiro atoms. The number of aryl methyl sites for hydroxylation is 1. The highest BCUT2D eigenvalue weighted by Gasteiger charge is 2.07. The molecule has 0 aliphatic rings. The van der Waals surface area contributed by atoms with Crippen molar-refractivity contribution in [3.63, 3.8) is 0 Å². The Hall–Kier alpha value is -0.400. The number of benzene rings is 1. The molecular formula is C10H12Cl2O. The zero-order valence-corrected chi connectivity index (χ0v) is 9.24. The van der Waals surface area contributed by atoms with Crippen LogP contribution in [-0.4, -0.2) is 7.11 Å². The monoisotopic (exact) mass is 218 g/mol. The molecule has 0 bridgehead atoms. The topological polar surface area (TPSA) is 9.23 Å². The molecule has 0 aromatic heterocycles. The standard InChI is InChI=1S/C10H12Cl2O/c1-3-4-7-5-8(11)10(13-2)9(12)6-7/h5-6H,3-4H2,1-2H3. The number of methoxy groups -OCH3 is 1. The summed E-state index contributed by atoms with van der Waals surface area (Å²) in [5, 5.41) is 1.16. The minimum Gasteiger partial charge on any atom is -0.494 e. The second-order valence-corrected chi connectivity index (χ2v) is 3.66. The van der Waals surface area contributed by atoms with Gasteiger partial charge in [0.2, 0.25) is 0 Å². The van der Waals surface area contributed by atoms with Crippen LogP contribution in [0.15, 0.2) is 12.1 Å². The summed E-state index contributed by atoms with van der Waals surface area (Å²) in [5.74, 6) is 0.559. The fraction of sp³-hybridized carbons (Fsp3) is 0.400. The molecular weight excluding hydrogens is 207 g/mol. The molecule has 0 amide bonds. The molecule has 0 saturated carbocycles. The molecule has 0 saturated heterocycles. The van der Waals surface area contributed by atoms with Crippen molar-refractivity contribution in [2.45, 2.75) is 19.8 Å². The van der Waals surface area contributed by atoms with Crippen molar-refractivity contribution in [3.8, 4) is 5.75 Å². The maximum atomic E-state index is 5.96. The number of hydrogen-bond donors (Lipinski definition) is 0. The van der Waals surface area contributed by atoms with Crippen molar-refractivity contribution in [2.24, 2.45) is 0 Å². The van der Waals surface area contributed by atoms with Gasteiger partial charge in [0.15, 0.2) is 5.75 Å². The first kappa shape index (κ1) is 10.7. The highest BCUT2D eigenvalue weighted by atomic mass is 35.5. The van der Waals surface area contributed by atoms with Gasteiger partial charge in [-0.1, -0.05) is 36.5 Å². The van der Waals surface area contributed by atoms with Gasteiger partial charge in [0.1, 0.15) is 0 Å². The van der Waals surface area contributed by atoms with E-state index in [4.69, 9.17) is 27.9 Å². The molecule has 72 valence electrons. The summed E-state index contributed by atoms with van der Waals surface area (Å²) >= 11 is 11.9. The van der Waals surface area contributed by atoms with Crippen LogP contribution in [0.1, 0.15) is 18.9 Å². The van der Waals surface area contributed by atoms with E-state index in [1.54, 1.807) is 7.11 Å². The fourth-order valence-electron chi connectivity index (χ4n) is 1.24. The van der Waals surface area contributed by atoms with E-state index in [0.717, 1.165) is 18.4 Å². The van der Waals surface area contributed by atoms with Gasteiger partial charge in [0.05, 0.1) is 17.2 Å². The highest BCUT2D eigenvalue weighted by molar-refractivity contribution is 6.37. The molecule has 0 aliphatic heterocycles. The normalized spacial score (nSPS) is 10.2. The molecule has 0 aliphatic carbocycles. The third kappa shape index (κ3) is 2.52.